The highest BCUT2D eigenvalue weighted by atomic mass is 79.9. The number of carbonyl (C=O) groups is 2. The molecule has 8 heteroatoms. The van der Waals surface area contributed by atoms with Crippen LogP contribution in [0.15, 0.2) is 75.7 Å². The minimum absolute atomic E-state index is 0.0194. The molecule has 0 spiro atoms. The quantitative estimate of drug-likeness (QED) is 0.242. The number of allylic oxidation sites excluding steroid dienone is 1. The van der Waals surface area contributed by atoms with Crippen LogP contribution in [-0.2, 0) is 9.53 Å². The summed E-state index contributed by atoms with van der Waals surface area (Å²) in [5.41, 5.74) is 1.06. The van der Waals surface area contributed by atoms with E-state index < -0.39 is 18.2 Å². The van der Waals surface area contributed by atoms with Crippen LogP contribution in [0.2, 0.25) is 0 Å². The molecule has 1 amide bonds. The van der Waals surface area contributed by atoms with Gasteiger partial charge in [-0.05, 0) is 58.3 Å². The van der Waals surface area contributed by atoms with Gasteiger partial charge in [-0.1, -0.05) is 65.3 Å². The van der Waals surface area contributed by atoms with Crippen molar-refractivity contribution in [3.63, 3.8) is 0 Å². The predicted octanol–water partition coefficient (Wildman–Crippen LogP) is 7.42. The van der Waals surface area contributed by atoms with E-state index in [0.717, 1.165) is 16.8 Å². The number of phenolic OH excluding ortho intramolecular Hbond substituents is 1. The number of aromatic hydroxyl groups is 1. The molecule has 0 heterocycles. The normalized spacial score (nSPS) is 13.1. The van der Waals surface area contributed by atoms with Crippen LogP contribution in [0.25, 0.3) is 10.8 Å². The molecule has 0 saturated heterocycles. The summed E-state index contributed by atoms with van der Waals surface area (Å²) >= 11 is 6.75. The van der Waals surface area contributed by atoms with Crippen LogP contribution >= 0.6 is 31.9 Å². The molecule has 3 aromatic carbocycles. The smallest absolute Gasteiger partial charge is 0.412 e. The molecule has 33 heavy (non-hydrogen) atoms. The molecule has 0 aromatic heterocycles. The number of hydrogen-bond acceptors (Lipinski definition) is 4. The van der Waals surface area contributed by atoms with Gasteiger partial charge in [0.25, 0.3) is 0 Å². The van der Waals surface area contributed by atoms with Gasteiger partial charge in [-0.15, -0.1) is 0 Å². The number of aliphatic carboxylic acids is 1. The Labute approximate surface area is 208 Å². The molecule has 172 valence electrons. The molecule has 2 atom stereocenters. The van der Waals surface area contributed by atoms with Crippen LogP contribution in [0.3, 0.4) is 0 Å². The summed E-state index contributed by atoms with van der Waals surface area (Å²) in [5, 5.41) is 24.1. The zero-order chi connectivity index (χ0) is 24.0. The topological polar surface area (TPSA) is 95.9 Å². The van der Waals surface area contributed by atoms with E-state index >= 15 is 0 Å². The van der Waals surface area contributed by atoms with E-state index in [0.29, 0.717) is 33.0 Å². The molecule has 0 aliphatic rings. The van der Waals surface area contributed by atoms with Gasteiger partial charge in [-0.25, -0.2) is 9.59 Å². The number of phenols is 1. The van der Waals surface area contributed by atoms with E-state index in [1.54, 1.807) is 24.3 Å². The number of amides is 1. The van der Waals surface area contributed by atoms with Crippen molar-refractivity contribution in [2.24, 2.45) is 5.92 Å². The lowest BCUT2D eigenvalue weighted by molar-refractivity contribution is -0.131. The fourth-order valence-electron chi connectivity index (χ4n) is 3.57. The molecule has 0 bridgehead atoms. The molecule has 0 fully saturated rings. The Kier molecular flexibility index (Phi) is 8.52. The second kappa shape index (κ2) is 11.3. The Morgan fingerprint density at radius 1 is 1.12 bits per heavy atom. The van der Waals surface area contributed by atoms with Crippen LogP contribution in [0.1, 0.15) is 31.4 Å². The van der Waals surface area contributed by atoms with Gasteiger partial charge in [0.2, 0.25) is 0 Å². The maximum absolute atomic E-state index is 12.9. The van der Waals surface area contributed by atoms with Crippen LogP contribution < -0.4 is 5.32 Å². The van der Waals surface area contributed by atoms with E-state index in [1.807, 2.05) is 43.3 Å². The fourth-order valence-corrected chi connectivity index (χ4v) is 4.83. The number of carboxylic acids is 1. The average Bonchev–Trinajstić information content (AvgIpc) is 2.77. The Hall–Kier alpha value is -2.84. The van der Waals surface area contributed by atoms with Crippen molar-refractivity contribution in [1.82, 2.24) is 0 Å². The van der Waals surface area contributed by atoms with Gasteiger partial charge < -0.3 is 14.9 Å². The summed E-state index contributed by atoms with van der Waals surface area (Å²) in [5.74, 6) is -1.25. The van der Waals surface area contributed by atoms with Gasteiger partial charge in [-0.2, -0.15) is 0 Å². The summed E-state index contributed by atoms with van der Waals surface area (Å²) in [4.78, 5) is 23.6. The average molecular weight is 577 g/mol. The molecule has 3 rings (SSSR count). The highest BCUT2D eigenvalue weighted by molar-refractivity contribution is 9.11. The fraction of sp³-hybridized carbons (Fsp3) is 0.200. The summed E-state index contributed by atoms with van der Waals surface area (Å²) in [6.45, 7) is 1.89. The van der Waals surface area contributed by atoms with Crippen molar-refractivity contribution >= 4 is 60.4 Å². The number of halogens is 2. The number of anilines is 1. The lowest BCUT2D eigenvalue weighted by atomic mass is 9.92. The first-order chi connectivity index (χ1) is 15.8. The molecule has 0 aliphatic carbocycles. The summed E-state index contributed by atoms with van der Waals surface area (Å²) in [6.07, 6.45) is 2.24. The molecular weight excluding hydrogens is 554 g/mol. The van der Waals surface area contributed by atoms with Crippen molar-refractivity contribution in [1.29, 1.82) is 0 Å². The standard InChI is InChI=1S/C25H23Br2NO5/c1-15(7-2-5-12-22(29)30)24(19-13-17(26)14-20(27)23(19)31)33-25(32)28-21-11-6-9-16-8-3-4-10-18(16)21/h3-6,8-15,24,31H,2,7H2,1H3,(H,28,32)(H,29,30)/b12-5+/t15-,24-/m1/s1. The van der Waals surface area contributed by atoms with Gasteiger partial charge >= 0.3 is 12.1 Å². The zero-order valence-electron chi connectivity index (χ0n) is 17.8. The van der Waals surface area contributed by atoms with Crippen molar-refractivity contribution in [3.05, 3.63) is 81.3 Å². The maximum Gasteiger partial charge on any atom is 0.412 e. The number of carbonyl (C=O) groups excluding carboxylic acids is 1. The number of ether oxygens (including phenoxy) is 1. The molecular formula is C25H23Br2NO5. The number of benzene rings is 3. The van der Waals surface area contributed by atoms with Crippen LogP contribution in [0.4, 0.5) is 10.5 Å². The summed E-state index contributed by atoms with van der Waals surface area (Å²) < 4.78 is 7.01. The second-order valence-corrected chi connectivity index (χ2v) is 9.37. The number of carboxylic acid groups (broad SMARTS) is 1. The van der Waals surface area contributed by atoms with Crippen LogP contribution in [0, 0.1) is 5.92 Å². The van der Waals surface area contributed by atoms with Gasteiger partial charge in [0, 0.05) is 21.5 Å². The largest absolute Gasteiger partial charge is 0.506 e. The minimum atomic E-state index is -1.02. The van der Waals surface area contributed by atoms with Crippen molar-refractivity contribution in [3.8, 4) is 5.75 Å². The monoisotopic (exact) mass is 575 g/mol. The Morgan fingerprint density at radius 3 is 2.61 bits per heavy atom. The Balaban J connectivity index is 1.85. The number of rotatable bonds is 8. The van der Waals surface area contributed by atoms with Gasteiger partial charge in [0.05, 0.1) is 10.2 Å². The molecule has 0 saturated carbocycles. The van der Waals surface area contributed by atoms with E-state index in [4.69, 9.17) is 9.84 Å². The SMILES string of the molecule is C[C@H](CC/C=C/C(=O)O)[C@@H](OC(=O)Nc1cccc2ccccc12)c1cc(Br)cc(Br)c1O. The van der Waals surface area contributed by atoms with Crippen molar-refractivity contribution in [2.45, 2.75) is 25.9 Å². The predicted molar refractivity (Wildman–Crippen MR) is 135 cm³/mol. The van der Waals surface area contributed by atoms with Crippen LogP contribution in [0.5, 0.6) is 5.75 Å². The van der Waals surface area contributed by atoms with Crippen molar-refractivity contribution in [2.75, 3.05) is 5.32 Å². The van der Waals surface area contributed by atoms with E-state index in [-0.39, 0.29) is 11.7 Å². The Bertz CT molecular complexity index is 1190. The molecule has 0 aliphatic heterocycles. The third kappa shape index (κ3) is 6.58. The van der Waals surface area contributed by atoms with E-state index in [9.17, 15) is 14.7 Å². The highest BCUT2D eigenvalue weighted by Crippen LogP contribution is 2.41. The number of fused-ring (bicyclic) bond motifs is 1. The first-order valence-electron chi connectivity index (χ1n) is 10.3. The van der Waals surface area contributed by atoms with Crippen molar-refractivity contribution < 1.29 is 24.5 Å². The lowest BCUT2D eigenvalue weighted by Crippen LogP contribution is -2.22. The summed E-state index contributed by atoms with van der Waals surface area (Å²) in [6, 6.07) is 16.7. The maximum atomic E-state index is 12.9. The van der Waals surface area contributed by atoms with Gasteiger partial charge in [-0.3, -0.25) is 5.32 Å². The molecule has 3 N–H and O–H groups in total. The number of hydrogen-bond donors (Lipinski definition) is 3. The third-order valence-electron chi connectivity index (χ3n) is 5.19. The first kappa shape index (κ1) is 24.8. The van der Waals surface area contributed by atoms with E-state index in [2.05, 4.69) is 37.2 Å². The number of nitrogens with one attached hydrogen (secondary N) is 1. The van der Waals surface area contributed by atoms with Gasteiger partial charge in [0.1, 0.15) is 11.9 Å². The molecule has 6 nitrogen and oxygen atoms in total. The molecule has 0 radical (unpaired) electrons. The third-order valence-corrected chi connectivity index (χ3v) is 6.25. The Morgan fingerprint density at radius 2 is 1.85 bits per heavy atom. The first-order valence-corrected chi connectivity index (χ1v) is 11.9. The van der Waals surface area contributed by atoms with Crippen LogP contribution in [-0.4, -0.2) is 22.3 Å². The minimum Gasteiger partial charge on any atom is -0.506 e. The van der Waals surface area contributed by atoms with E-state index in [1.165, 1.54) is 0 Å². The lowest BCUT2D eigenvalue weighted by Gasteiger charge is -2.26. The highest BCUT2D eigenvalue weighted by Gasteiger charge is 2.27. The van der Waals surface area contributed by atoms with Gasteiger partial charge in [0.15, 0.2) is 0 Å². The zero-order valence-corrected chi connectivity index (χ0v) is 21.0. The molecule has 0 unspecified atom stereocenters. The molecule has 3 aromatic rings. The second-order valence-electron chi connectivity index (χ2n) is 7.60. The summed E-state index contributed by atoms with van der Waals surface area (Å²) in [7, 11) is 0.